The molecule has 2 rings (SSSR count). The number of hydrogen-bond acceptors (Lipinski definition) is 4. The Kier molecular flexibility index (Phi) is 7.78. The number of nitrogens with one attached hydrogen (secondary N) is 1. The normalized spacial score (nSPS) is 16.7. The van der Waals surface area contributed by atoms with Crippen LogP contribution >= 0.6 is 11.8 Å². The lowest BCUT2D eigenvalue weighted by Gasteiger charge is -2.30. The van der Waals surface area contributed by atoms with E-state index in [1.807, 2.05) is 18.4 Å². The van der Waals surface area contributed by atoms with Crippen molar-refractivity contribution in [3.8, 4) is 0 Å². The van der Waals surface area contributed by atoms with Crippen LogP contribution in [0.1, 0.15) is 39.0 Å². The molecule has 7 heteroatoms. The molecule has 5 nitrogen and oxygen atoms in total. The monoisotopic (exact) mass is 384 g/mol. The average Bonchev–Trinajstić information content (AvgIpc) is 2.65. The predicted octanol–water partition coefficient (Wildman–Crippen LogP) is 3.12. The van der Waals surface area contributed by atoms with Crippen LogP contribution in [0.3, 0.4) is 0 Å². The first-order valence-electron chi connectivity index (χ1n) is 8.91. The summed E-state index contributed by atoms with van der Waals surface area (Å²) in [6.45, 7) is 3.65. The highest BCUT2D eigenvalue weighted by atomic mass is 32.2. The van der Waals surface area contributed by atoms with Crippen LogP contribution in [-0.2, 0) is 14.8 Å². The number of rotatable bonds is 8. The first kappa shape index (κ1) is 20.3. The molecule has 1 aromatic carbocycles. The third-order valence-corrected chi connectivity index (χ3v) is 7.26. The highest BCUT2D eigenvalue weighted by Gasteiger charge is 2.31. The Bertz CT molecular complexity index is 651. The highest BCUT2D eigenvalue weighted by Crippen LogP contribution is 2.25. The molecule has 140 valence electrons. The number of thioether (sulfide) groups is 1. The van der Waals surface area contributed by atoms with Gasteiger partial charge in [0, 0.05) is 30.4 Å². The van der Waals surface area contributed by atoms with Gasteiger partial charge in [0.2, 0.25) is 15.9 Å². The molecule has 0 radical (unpaired) electrons. The molecular weight excluding hydrogens is 356 g/mol. The SMILES string of the molecule is CCCCCNC(=O)C1CCN(S(=O)(=O)c2ccc(SC)cc2)CC1. The smallest absolute Gasteiger partial charge is 0.243 e. The van der Waals surface area contributed by atoms with Gasteiger partial charge in [0.05, 0.1) is 4.90 Å². The molecule has 1 aliphatic rings. The number of benzene rings is 1. The van der Waals surface area contributed by atoms with E-state index in [0.29, 0.717) is 37.4 Å². The van der Waals surface area contributed by atoms with Crippen molar-refractivity contribution < 1.29 is 13.2 Å². The van der Waals surface area contributed by atoms with Gasteiger partial charge >= 0.3 is 0 Å². The Balaban J connectivity index is 1.88. The van der Waals surface area contributed by atoms with Crippen molar-refractivity contribution in [1.29, 1.82) is 0 Å². The maximum Gasteiger partial charge on any atom is 0.243 e. The van der Waals surface area contributed by atoms with E-state index < -0.39 is 10.0 Å². The van der Waals surface area contributed by atoms with E-state index in [9.17, 15) is 13.2 Å². The summed E-state index contributed by atoms with van der Waals surface area (Å²) >= 11 is 1.58. The minimum absolute atomic E-state index is 0.0671. The Morgan fingerprint density at radius 3 is 2.40 bits per heavy atom. The molecule has 1 N–H and O–H groups in total. The van der Waals surface area contributed by atoms with Gasteiger partial charge in [-0.3, -0.25) is 4.79 Å². The molecule has 0 bridgehead atoms. The van der Waals surface area contributed by atoms with Gasteiger partial charge < -0.3 is 5.32 Å². The Morgan fingerprint density at radius 1 is 1.20 bits per heavy atom. The van der Waals surface area contributed by atoms with Crippen LogP contribution in [0.15, 0.2) is 34.1 Å². The fourth-order valence-electron chi connectivity index (χ4n) is 2.99. The van der Waals surface area contributed by atoms with Crippen LogP contribution in [0.4, 0.5) is 0 Å². The molecule has 1 saturated heterocycles. The lowest BCUT2D eigenvalue weighted by molar-refractivity contribution is -0.126. The highest BCUT2D eigenvalue weighted by molar-refractivity contribution is 7.98. The van der Waals surface area contributed by atoms with E-state index in [4.69, 9.17) is 0 Å². The molecule has 0 unspecified atom stereocenters. The van der Waals surface area contributed by atoms with E-state index >= 15 is 0 Å². The molecule has 0 aromatic heterocycles. The summed E-state index contributed by atoms with van der Waals surface area (Å²) in [7, 11) is -3.47. The largest absolute Gasteiger partial charge is 0.356 e. The topological polar surface area (TPSA) is 66.5 Å². The number of amides is 1. The van der Waals surface area contributed by atoms with E-state index in [2.05, 4.69) is 12.2 Å². The van der Waals surface area contributed by atoms with E-state index in [1.165, 1.54) is 4.31 Å². The number of carbonyl (C=O) groups is 1. The lowest BCUT2D eigenvalue weighted by Crippen LogP contribution is -2.43. The van der Waals surface area contributed by atoms with Gasteiger partial charge in [0.15, 0.2) is 0 Å². The standard InChI is InChI=1S/C18H28N2O3S2/c1-3-4-5-12-19-18(21)15-10-13-20(14-11-15)25(22,23)17-8-6-16(24-2)7-9-17/h6-9,15H,3-5,10-14H2,1-2H3,(H,19,21). The molecule has 1 fully saturated rings. The first-order chi connectivity index (χ1) is 12.0. The van der Waals surface area contributed by atoms with Gasteiger partial charge in [-0.1, -0.05) is 19.8 Å². The fourth-order valence-corrected chi connectivity index (χ4v) is 4.86. The van der Waals surface area contributed by atoms with E-state index in [-0.39, 0.29) is 11.8 Å². The lowest BCUT2D eigenvalue weighted by atomic mass is 9.97. The summed E-state index contributed by atoms with van der Waals surface area (Å²) in [5.74, 6) is -0.00980. The number of piperidine rings is 1. The molecule has 25 heavy (non-hydrogen) atoms. The molecule has 0 spiro atoms. The van der Waals surface area contributed by atoms with Crippen molar-refractivity contribution in [3.63, 3.8) is 0 Å². The summed E-state index contributed by atoms with van der Waals surface area (Å²) in [6.07, 6.45) is 6.38. The van der Waals surface area contributed by atoms with Gasteiger partial charge in [-0.05, 0) is 49.8 Å². The maximum absolute atomic E-state index is 12.7. The minimum Gasteiger partial charge on any atom is -0.356 e. The van der Waals surface area contributed by atoms with Gasteiger partial charge in [-0.25, -0.2) is 8.42 Å². The zero-order chi connectivity index (χ0) is 18.3. The van der Waals surface area contributed by atoms with Crippen LogP contribution in [0.5, 0.6) is 0 Å². The van der Waals surface area contributed by atoms with Gasteiger partial charge in [-0.15, -0.1) is 11.8 Å². The van der Waals surface area contributed by atoms with Crippen LogP contribution in [0.2, 0.25) is 0 Å². The number of nitrogens with zero attached hydrogens (tertiary/aromatic N) is 1. The summed E-state index contributed by atoms with van der Waals surface area (Å²) < 4.78 is 27.0. The molecule has 0 aliphatic carbocycles. The third-order valence-electron chi connectivity index (χ3n) is 4.60. The molecule has 0 atom stereocenters. The Labute approximate surface area is 155 Å². The molecule has 0 saturated carbocycles. The maximum atomic E-state index is 12.7. The second-order valence-corrected chi connectivity index (χ2v) is 9.17. The number of hydrogen-bond donors (Lipinski definition) is 1. The van der Waals surface area contributed by atoms with Crippen molar-refractivity contribution in [2.45, 2.75) is 48.8 Å². The zero-order valence-electron chi connectivity index (χ0n) is 15.0. The molecule has 1 aliphatic heterocycles. The van der Waals surface area contributed by atoms with Crippen molar-refractivity contribution in [2.75, 3.05) is 25.9 Å². The fraction of sp³-hybridized carbons (Fsp3) is 0.611. The minimum atomic E-state index is -3.47. The summed E-state index contributed by atoms with van der Waals surface area (Å²) in [6, 6.07) is 6.98. The van der Waals surface area contributed by atoms with Gasteiger partial charge in [0.1, 0.15) is 0 Å². The quantitative estimate of drug-likeness (QED) is 0.552. The summed E-state index contributed by atoms with van der Waals surface area (Å²) in [5, 5.41) is 2.98. The number of carbonyl (C=O) groups excluding carboxylic acids is 1. The summed E-state index contributed by atoms with van der Waals surface area (Å²) in [4.78, 5) is 13.5. The molecule has 1 aromatic rings. The molecule has 1 amide bonds. The zero-order valence-corrected chi connectivity index (χ0v) is 16.7. The predicted molar refractivity (Wildman–Crippen MR) is 102 cm³/mol. The van der Waals surface area contributed by atoms with Crippen molar-refractivity contribution in [1.82, 2.24) is 9.62 Å². The van der Waals surface area contributed by atoms with Crippen LogP contribution in [0, 0.1) is 5.92 Å². The molecular formula is C18H28N2O3S2. The third kappa shape index (κ3) is 5.46. The van der Waals surface area contributed by atoms with E-state index in [1.54, 1.807) is 23.9 Å². The Morgan fingerprint density at radius 2 is 1.84 bits per heavy atom. The van der Waals surface area contributed by atoms with Crippen molar-refractivity contribution in [3.05, 3.63) is 24.3 Å². The van der Waals surface area contributed by atoms with Gasteiger partial charge in [-0.2, -0.15) is 4.31 Å². The second kappa shape index (κ2) is 9.59. The van der Waals surface area contributed by atoms with Gasteiger partial charge in [0.25, 0.3) is 0 Å². The second-order valence-electron chi connectivity index (χ2n) is 6.35. The number of sulfonamides is 1. The van der Waals surface area contributed by atoms with Crippen LogP contribution < -0.4 is 5.32 Å². The molecule has 1 heterocycles. The van der Waals surface area contributed by atoms with Crippen molar-refractivity contribution >= 4 is 27.7 Å². The first-order valence-corrected chi connectivity index (χ1v) is 11.6. The van der Waals surface area contributed by atoms with Crippen LogP contribution in [0.25, 0.3) is 0 Å². The Hall–Kier alpha value is -1.05. The number of unbranched alkanes of at least 4 members (excludes halogenated alkanes) is 2. The van der Waals surface area contributed by atoms with Crippen LogP contribution in [-0.4, -0.2) is 44.5 Å². The summed E-state index contributed by atoms with van der Waals surface area (Å²) in [5.41, 5.74) is 0. The van der Waals surface area contributed by atoms with E-state index in [0.717, 1.165) is 24.2 Å². The van der Waals surface area contributed by atoms with Crippen molar-refractivity contribution in [2.24, 2.45) is 5.92 Å². The average molecular weight is 385 g/mol.